The van der Waals surface area contributed by atoms with Gasteiger partial charge >= 0.3 is 0 Å². The number of nitrogens with zero attached hydrogens (tertiary/aromatic N) is 2. The molecule has 0 radical (unpaired) electrons. The summed E-state index contributed by atoms with van der Waals surface area (Å²) in [6.07, 6.45) is 1.68. The number of non-ortho nitro benzene ring substituents is 1. The number of aromatic nitrogens is 1. The third-order valence-electron chi connectivity index (χ3n) is 2.64. The van der Waals surface area contributed by atoms with E-state index in [9.17, 15) is 10.1 Å². The molecular weight excluding hydrogens is 244 g/mol. The molecule has 1 aromatic carbocycles. The third-order valence-corrected chi connectivity index (χ3v) is 2.64. The van der Waals surface area contributed by atoms with Crippen LogP contribution >= 0.6 is 0 Å². The molecule has 0 saturated heterocycles. The number of hydrazone groups is 1. The Bertz CT molecular complexity index is 631. The smallest absolute Gasteiger partial charge is 0.271 e. The molecule has 0 bridgehead atoms. The van der Waals surface area contributed by atoms with Gasteiger partial charge in [0.2, 0.25) is 0 Å². The molecule has 0 aliphatic heterocycles. The summed E-state index contributed by atoms with van der Waals surface area (Å²) in [6, 6.07) is 8.19. The van der Waals surface area contributed by atoms with Crippen molar-refractivity contribution >= 4 is 17.6 Å². The lowest BCUT2D eigenvalue weighted by Crippen LogP contribution is -1.93. The zero-order valence-corrected chi connectivity index (χ0v) is 10.7. The van der Waals surface area contributed by atoms with Crippen LogP contribution in [0.1, 0.15) is 17.0 Å². The van der Waals surface area contributed by atoms with Crippen molar-refractivity contribution in [2.45, 2.75) is 13.8 Å². The van der Waals surface area contributed by atoms with Gasteiger partial charge in [-0.2, -0.15) is 5.10 Å². The van der Waals surface area contributed by atoms with E-state index in [0.717, 1.165) is 17.0 Å². The van der Waals surface area contributed by atoms with Crippen LogP contribution in [0.2, 0.25) is 0 Å². The van der Waals surface area contributed by atoms with E-state index < -0.39 is 4.92 Å². The first-order valence-electron chi connectivity index (χ1n) is 5.76. The van der Waals surface area contributed by atoms with Crippen LogP contribution in [-0.4, -0.2) is 16.1 Å². The van der Waals surface area contributed by atoms with Crippen LogP contribution in [0.4, 0.5) is 11.4 Å². The highest BCUT2D eigenvalue weighted by Gasteiger charge is 2.04. The van der Waals surface area contributed by atoms with Crippen molar-refractivity contribution in [2.75, 3.05) is 5.43 Å². The normalized spacial score (nSPS) is 10.8. The predicted octanol–water partition coefficient (Wildman–Crippen LogP) is 2.99. The van der Waals surface area contributed by atoms with Gasteiger partial charge in [0.25, 0.3) is 5.69 Å². The van der Waals surface area contributed by atoms with Gasteiger partial charge in [0.15, 0.2) is 0 Å². The van der Waals surface area contributed by atoms with Crippen LogP contribution in [0.5, 0.6) is 0 Å². The minimum atomic E-state index is -0.436. The maximum atomic E-state index is 10.6. The van der Waals surface area contributed by atoms with E-state index in [1.54, 1.807) is 18.3 Å². The van der Waals surface area contributed by atoms with E-state index in [4.69, 9.17) is 0 Å². The van der Waals surface area contributed by atoms with Crippen molar-refractivity contribution in [1.29, 1.82) is 0 Å². The summed E-state index contributed by atoms with van der Waals surface area (Å²) >= 11 is 0. The van der Waals surface area contributed by atoms with Crippen LogP contribution in [-0.2, 0) is 0 Å². The second kappa shape index (κ2) is 5.34. The lowest BCUT2D eigenvalue weighted by Gasteiger charge is -1.99. The first-order chi connectivity index (χ1) is 9.06. The zero-order chi connectivity index (χ0) is 13.8. The molecule has 0 aliphatic rings. The van der Waals surface area contributed by atoms with Crippen molar-refractivity contribution < 1.29 is 4.92 Å². The second-order valence-corrected chi connectivity index (χ2v) is 4.21. The molecular formula is C13H14N4O2. The molecule has 0 saturated carbocycles. The highest BCUT2D eigenvalue weighted by molar-refractivity contribution is 5.82. The number of nitro groups is 1. The van der Waals surface area contributed by atoms with E-state index in [2.05, 4.69) is 15.5 Å². The van der Waals surface area contributed by atoms with E-state index >= 15 is 0 Å². The largest absolute Gasteiger partial charge is 0.362 e. The summed E-state index contributed by atoms with van der Waals surface area (Å²) in [7, 11) is 0. The molecule has 0 amide bonds. The standard InChI is InChI=1S/C13H14N4O2/c1-9-6-11(10(2)15-9)8-14-16-12-4-3-5-13(7-12)17(18)19/h3-8,15-16H,1-2H3/b14-8+. The predicted molar refractivity (Wildman–Crippen MR) is 74.6 cm³/mol. The molecule has 0 fully saturated rings. The Morgan fingerprint density at radius 2 is 2.16 bits per heavy atom. The Labute approximate surface area is 110 Å². The Morgan fingerprint density at radius 1 is 1.37 bits per heavy atom. The first-order valence-corrected chi connectivity index (χ1v) is 5.76. The lowest BCUT2D eigenvalue weighted by atomic mass is 10.3. The molecule has 6 nitrogen and oxygen atoms in total. The van der Waals surface area contributed by atoms with E-state index in [1.807, 2.05) is 19.9 Å². The quantitative estimate of drug-likeness (QED) is 0.502. The minimum Gasteiger partial charge on any atom is -0.362 e. The SMILES string of the molecule is Cc1cc(/C=N/Nc2cccc([N+](=O)[O-])c2)c(C)[nH]1. The minimum absolute atomic E-state index is 0.0360. The van der Waals surface area contributed by atoms with E-state index in [0.29, 0.717) is 5.69 Å². The van der Waals surface area contributed by atoms with Gasteiger partial charge < -0.3 is 4.98 Å². The second-order valence-electron chi connectivity index (χ2n) is 4.21. The summed E-state index contributed by atoms with van der Waals surface area (Å²) < 4.78 is 0. The van der Waals surface area contributed by atoms with Gasteiger partial charge in [-0.15, -0.1) is 0 Å². The van der Waals surface area contributed by atoms with Gasteiger partial charge in [-0.3, -0.25) is 15.5 Å². The number of hydrogen-bond donors (Lipinski definition) is 2. The van der Waals surface area contributed by atoms with Crippen LogP contribution in [0.3, 0.4) is 0 Å². The molecule has 19 heavy (non-hydrogen) atoms. The molecule has 2 N–H and O–H groups in total. The zero-order valence-electron chi connectivity index (χ0n) is 10.7. The van der Waals surface area contributed by atoms with Crippen molar-refractivity contribution in [1.82, 2.24) is 4.98 Å². The highest BCUT2D eigenvalue weighted by atomic mass is 16.6. The molecule has 98 valence electrons. The molecule has 0 spiro atoms. The van der Waals surface area contributed by atoms with Crippen molar-refractivity contribution in [3.8, 4) is 0 Å². The highest BCUT2D eigenvalue weighted by Crippen LogP contribution is 2.16. The van der Waals surface area contributed by atoms with Crippen LogP contribution in [0, 0.1) is 24.0 Å². The average molecular weight is 258 g/mol. The van der Waals surface area contributed by atoms with Gasteiger partial charge in [0.05, 0.1) is 16.8 Å². The Balaban J connectivity index is 2.08. The Morgan fingerprint density at radius 3 is 2.79 bits per heavy atom. The monoisotopic (exact) mass is 258 g/mol. The number of benzene rings is 1. The summed E-state index contributed by atoms with van der Waals surface area (Å²) in [5.41, 5.74) is 6.47. The lowest BCUT2D eigenvalue weighted by molar-refractivity contribution is -0.384. The summed E-state index contributed by atoms with van der Waals surface area (Å²) in [6.45, 7) is 3.93. The molecule has 6 heteroatoms. The van der Waals surface area contributed by atoms with Gasteiger partial charge in [-0.1, -0.05) is 6.07 Å². The maximum absolute atomic E-state index is 10.6. The topological polar surface area (TPSA) is 83.3 Å². The van der Waals surface area contributed by atoms with Crippen LogP contribution in [0.25, 0.3) is 0 Å². The molecule has 0 unspecified atom stereocenters. The number of nitro benzene ring substituents is 1. The average Bonchev–Trinajstić information content (AvgIpc) is 2.68. The molecule has 1 heterocycles. The fourth-order valence-corrected chi connectivity index (χ4v) is 1.74. The molecule has 2 aromatic rings. The molecule has 2 rings (SSSR count). The van der Waals surface area contributed by atoms with Crippen LogP contribution in [0.15, 0.2) is 35.4 Å². The number of aromatic amines is 1. The third kappa shape index (κ3) is 3.19. The van der Waals surface area contributed by atoms with Gasteiger partial charge in [0.1, 0.15) is 0 Å². The van der Waals surface area contributed by atoms with Gasteiger partial charge in [0, 0.05) is 29.1 Å². The number of aryl methyl sites for hydroxylation is 2. The van der Waals surface area contributed by atoms with Gasteiger partial charge in [-0.25, -0.2) is 0 Å². The van der Waals surface area contributed by atoms with Crippen LogP contribution < -0.4 is 5.43 Å². The molecule has 1 aromatic heterocycles. The molecule has 0 atom stereocenters. The van der Waals surface area contributed by atoms with Crippen molar-refractivity contribution in [3.05, 3.63) is 57.4 Å². The number of nitrogens with one attached hydrogen (secondary N) is 2. The van der Waals surface area contributed by atoms with E-state index in [-0.39, 0.29) is 5.69 Å². The maximum Gasteiger partial charge on any atom is 0.271 e. The van der Waals surface area contributed by atoms with E-state index in [1.165, 1.54) is 12.1 Å². The fourth-order valence-electron chi connectivity index (χ4n) is 1.74. The number of H-pyrrole nitrogens is 1. The number of hydrogen-bond acceptors (Lipinski definition) is 4. The Kier molecular flexibility index (Phi) is 3.61. The van der Waals surface area contributed by atoms with Crippen molar-refractivity contribution in [3.63, 3.8) is 0 Å². The summed E-state index contributed by atoms with van der Waals surface area (Å²) in [4.78, 5) is 13.4. The molecule has 0 aliphatic carbocycles. The Hall–Kier alpha value is -2.63. The first kappa shape index (κ1) is 12.8. The number of rotatable bonds is 4. The number of anilines is 1. The van der Waals surface area contributed by atoms with Gasteiger partial charge in [-0.05, 0) is 26.0 Å². The summed E-state index contributed by atoms with van der Waals surface area (Å²) in [5.74, 6) is 0. The fraction of sp³-hybridized carbons (Fsp3) is 0.154. The summed E-state index contributed by atoms with van der Waals surface area (Å²) in [5, 5.41) is 14.7. The van der Waals surface area contributed by atoms with Crippen molar-refractivity contribution in [2.24, 2.45) is 5.10 Å².